The number of carbonyl (C=O) groups is 1. The Kier molecular flexibility index (Phi) is 5.05. The van der Waals surface area contributed by atoms with Crippen LogP contribution in [0.15, 0.2) is 60.8 Å². The highest BCUT2D eigenvalue weighted by Crippen LogP contribution is 2.30. The Morgan fingerprint density at radius 1 is 1.11 bits per heavy atom. The molecule has 1 N–H and O–H groups in total. The Morgan fingerprint density at radius 3 is 2.67 bits per heavy atom. The van der Waals surface area contributed by atoms with Crippen LogP contribution in [0.25, 0.3) is 10.9 Å². The maximum Gasteiger partial charge on any atom is 0.223 e. The first kappa shape index (κ1) is 17.5. The first-order valence-corrected chi connectivity index (χ1v) is 9.62. The van der Waals surface area contributed by atoms with Crippen LogP contribution < -0.4 is 10.2 Å². The summed E-state index contributed by atoms with van der Waals surface area (Å²) in [4.78, 5) is 19.4. The van der Waals surface area contributed by atoms with Gasteiger partial charge in [0, 0.05) is 42.8 Å². The van der Waals surface area contributed by atoms with Crippen molar-refractivity contribution in [1.29, 1.82) is 0 Å². The fourth-order valence-corrected chi connectivity index (χ4v) is 3.83. The lowest BCUT2D eigenvalue weighted by Gasteiger charge is -2.33. The van der Waals surface area contributed by atoms with Gasteiger partial charge in [0.1, 0.15) is 0 Å². The molecule has 2 heterocycles. The van der Waals surface area contributed by atoms with E-state index in [-0.39, 0.29) is 11.8 Å². The van der Waals surface area contributed by atoms with Crippen molar-refractivity contribution in [3.8, 4) is 0 Å². The molecule has 1 aliphatic rings. The molecular weight excluding hydrogens is 334 g/mol. The average Bonchev–Trinajstić information content (AvgIpc) is 2.72. The van der Waals surface area contributed by atoms with Crippen LogP contribution in [-0.2, 0) is 11.3 Å². The second kappa shape index (κ2) is 7.78. The summed E-state index contributed by atoms with van der Waals surface area (Å²) in [6.45, 7) is 4.51. The van der Waals surface area contributed by atoms with Gasteiger partial charge in [0.15, 0.2) is 0 Å². The Hall–Kier alpha value is -2.88. The highest BCUT2D eigenvalue weighted by Gasteiger charge is 2.25. The predicted octanol–water partition coefficient (Wildman–Crippen LogP) is 4.08. The summed E-state index contributed by atoms with van der Waals surface area (Å²) in [7, 11) is 0. The molecule has 138 valence electrons. The predicted molar refractivity (Wildman–Crippen MR) is 110 cm³/mol. The van der Waals surface area contributed by atoms with Gasteiger partial charge < -0.3 is 10.2 Å². The highest BCUT2D eigenvalue weighted by molar-refractivity contribution is 5.92. The molecule has 1 fully saturated rings. The number of fused-ring (bicyclic) bond motifs is 1. The molecule has 1 aliphatic heterocycles. The molecule has 0 saturated carbocycles. The maximum absolute atomic E-state index is 12.5. The quantitative estimate of drug-likeness (QED) is 0.763. The summed E-state index contributed by atoms with van der Waals surface area (Å²) in [5.41, 5.74) is 4.64. The number of nitrogens with one attached hydrogen (secondary N) is 1. The van der Waals surface area contributed by atoms with E-state index in [0.29, 0.717) is 6.54 Å². The van der Waals surface area contributed by atoms with Crippen molar-refractivity contribution < 1.29 is 4.79 Å². The summed E-state index contributed by atoms with van der Waals surface area (Å²) < 4.78 is 0. The van der Waals surface area contributed by atoms with E-state index in [9.17, 15) is 4.79 Å². The fourth-order valence-electron chi connectivity index (χ4n) is 3.83. The van der Waals surface area contributed by atoms with Crippen LogP contribution in [0.4, 0.5) is 5.69 Å². The van der Waals surface area contributed by atoms with Gasteiger partial charge in [-0.05, 0) is 43.5 Å². The molecule has 0 bridgehead atoms. The van der Waals surface area contributed by atoms with Gasteiger partial charge in [0.2, 0.25) is 5.91 Å². The molecule has 0 spiro atoms. The topological polar surface area (TPSA) is 45.2 Å². The standard InChI is InChI=1S/C23H25N3O/c1-17-7-8-21-20(15-17)22(9-12-24-21)26-13-10-19(11-14-26)23(27)25-16-18-5-3-2-4-6-18/h2-9,12,15,19H,10-11,13-14,16H2,1H3,(H,25,27). The molecule has 4 rings (SSSR count). The van der Waals surface area contributed by atoms with Crippen molar-refractivity contribution in [3.05, 3.63) is 71.9 Å². The number of carbonyl (C=O) groups excluding carboxylic acids is 1. The second-order valence-electron chi connectivity index (χ2n) is 7.32. The molecule has 1 aromatic heterocycles. The molecular formula is C23H25N3O. The zero-order valence-electron chi connectivity index (χ0n) is 15.7. The van der Waals surface area contributed by atoms with Crippen molar-refractivity contribution in [1.82, 2.24) is 10.3 Å². The first-order valence-electron chi connectivity index (χ1n) is 9.62. The molecule has 4 nitrogen and oxygen atoms in total. The lowest BCUT2D eigenvalue weighted by Crippen LogP contribution is -2.40. The number of pyridine rings is 1. The van der Waals surface area contributed by atoms with E-state index in [0.717, 1.165) is 37.0 Å². The smallest absolute Gasteiger partial charge is 0.223 e. The lowest BCUT2D eigenvalue weighted by atomic mass is 9.95. The number of nitrogens with zero attached hydrogens (tertiary/aromatic N) is 2. The van der Waals surface area contributed by atoms with Crippen molar-refractivity contribution in [2.75, 3.05) is 18.0 Å². The monoisotopic (exact) mass is 359 g/mol. The molecule has 0 atom stereocenters. The van der Waals surface area contributed by atoms with E-state index in [2.05, 4.69) is 46.4 Å². The summed E-state index contributed by atoms with van der Waals surface area (Å²) in [6, 6.07) is 18.6. The summed E-state index contributed by atoms with van der Waals surface area (Å²) >= 11 is 0. The molecule has 0 unspecified atom stereocenters. The van der Waals surface area contributed by atoms with E-state index in [1.165, 1.54) is 16.6 Å². The molecule has 4 heteroatoms. The van der Waals surface area contributed by atoms with Crippen molar-refractivity contribution in [2.45, 2.75) is 26.3 Å². The Bertz CT molecular complexity index is 931. The van der Waals surface area contributed by atoms with Gasteiger partial charge in [-0.15, -0.1) is 0 Å². The minimum atomic E-state index is 0.0970. The van der Waals surface area contributed by atoms with E-state index in [1.54, 1.807) is 0 Å². The maximum atomic E-state index is 12.5. The van der Waals surface area contributed by atoms with Gasteiger partial charge in [-0.2, -0.15) is 0 Å². The van der Waals surface area contributed by atoms with Gasteiger partial charge in [0.25, 0.3) is 0 Å². The van der Waals surface area contributed by atoms with Crippen LogP contribution in [0.1, 0.15) is 24.0 Å². The van der Waals surface area contributed by atoms with E-state index >= 15 is 0 Å². The van der Waals surface area contributed by atoms with Crippen molar-refractivity contribution in [2.24, 2.45) is 5.92 Å². The Morgan fingerprint density at radius 2 is 1.89 bits per heavy atom. The van der Waals surface area contributed by atoms with E-state index < -0.39 is 0 Å². The van der Waals surface area contributed by atoms with Gasteiger partial charge in [-0.3, -0.25) is 9.78 Å². The number of rotatable bonds is 4. The number of amides is 1. The number of benzene rings is 2. The SMILES string of the molecule is Cc1ccc2nccc(N3CCC(C(=O)NCc4ccccc4)CC3)c2c1. The largest absolute Gasteiger partial charge is 0.371 e. The number of piperidine rings is 1. The van der Waals surface area contributed by atoms with E-state index in [4.69, 9.17) is 0 Å². The zero-order valence-corrected chi connectivity index (χ0v) is 15.7. The average molecular weight is 359 g/mol. The third kappa shape index (κ3) is 3.95. The number of aromatic nitrogens is 1. The Labute approximate surface area is 160 Å². The molecule has 0 aliphatic carbocycles. The number of anilines is 1. The summed E-state index contributed by atoms with van der Waals surface area (Å²) in [5, 5.41) is 4.29. The van der Waals surface area contributed by atoms with Crippen molar-refractivity contribution in [3.63, 3.8) is 0 Å². The van der Waals surface area contributed by atoms with Gasteiger partial charge in [-0.25, -0.2) is 0 Å². The third-order valence-electron chi connectivity index (χ3n) is 5.39. The van der Waals surface area contributed by atoms with E-state index in [1.807, 2.05) is 36.5 Å². The van der Waals surface area contributed by atoms with Gasteiger partial charge in [-0.1, -0.05) is 42.0 Å². The summed E-state index contributed by atoms with van der Waals surface area (Å²) in [5.74, 6) is 0.272. The number of hydrogen-bond acceptors (Lipinski definition) is 3. The fraction of sp³-hybridized carbons (Fsp3) is 0.304. The summed E-state index contributed by atoms with van der Waals surface area (Å²) in [6.07, 6.45) is 3.65. The molecule has 1 saturated heterocycles. The number of hydrogen-bond donors (Lipinski definition) is 1. The first-order chi connectivity index (χ1) is 13.2. The molecule has 3 aromatic rings. The van der Waals surface area contributed by atoms with Crippen LogP contribution in [0, 0.1) is 12.8 Å². The van der Waals surface area contributed by atoms with Crippen LogP contribution in [-0.4, -0.2) is 24.0 Å². The molecule has 27 heavy (non-hydrogen) atoms. The van der Waals surface area contributed by atoms with Gasteiger partial charge in [0.05, 0.1) is 5.52 Å². The normalized spacial score (nSPS) is 15.1. The molecule has 0 radical (unpaired) electrons. The second-order valence-corrected chi connectivity index (χ2v) is 7.32. The van der Waals surface area contributed by atoms with Gasteiger partial charge >= 0.3 is 0 Å². The zero-order chi connectivity index (χ0) is 18.6. The molecule has 2 aromatic carbocycles. The third-order valence-corrected chi connectivity index (χ3v) is 5.39. The minimum absolute atomic E-state index is 0.0970. The van der Waals surface area contributed by atoms with Crippen LogP contribution >= 0.6 is 0 Å². The van der Waals surface area contributed by atoms with Crippen LogP contribution in [0.2, 0.25) is 0 Å². The molecule has 1 amide bonds. The Balaban J connectivity index is 1.39. The highest BCUT2D eigenvalue weighted by atomic mass is 16.1. The lowest BCUT2D eigenvalue weighted by molar-refractivity contribution is -0.125. The van der Waals surface area contributed by atoms with Crippen LogP contribution in [0.5, 0.6) is 0 Å². The minimum Gasteiger partial charge on any atom is -0.371 e. The van der Waals surface area contributed by atoms with Crippen molar-refractivity contribution >= 4 is 22.5 Å². The van der Waals surface area contributed by atoms with Crippen LogP contribution in [0.3, 0.4) is 0 Å². The number of aryl methyl sites for hydroxylation is 1.